The van der Waals surface area contributed by atoms with Crippen LogP contribution in [0.25, 0.3) is 0 Å². The highest BCUT2D eigenvalue weighted by Gasteiger charge is 2.62. The fourth-order valence-corrected chi connectivity index (χ4v) is 8.82. The third-order valence-corrected chi connectivity index (χ3v) is 10.6. The Morgan fingerprint density at radius 3 is 2.62 bits per heavy atom. The van der Waals surface area contributed by atoms with Crippen molar-refractivity contribution in [3.05, 3.63) is 18.1 Å². The molecular weight excluding hydrogens is 428 g/mol. The summed E-state index contributed by atoms with van der Waals surface area (Å²) in [5, 5.41) is 23.0. The molecule has 4 fully saturated rings. The highest BCUT2D eigenvalue weighted by Crippen LogP contribution is 2.68. The number of hydrogen-bond acceptors (Lipinski definition) is 6. The monoisotopic (exact) mass is 466 g/mol. The molecule has 0 aromatic carbocycles. The molecule has 0 spiro atoms. The minimum Gasteiger partial charge on any atom is -0.387 e. The van der Waals surface area contributed by atoms with Gasteiger partial charge in [0.25, 0.3) is 0 Å². The SMILES string of the molecule is COC[C@@]1(O)CC[C@@]2(C)[C@H](CC[C@@H]3[C@@H]2CC[C@]2(C)[C@@H](C(=O)Nc4cnc(C#N)cn4)CC[C@@H]32)C1. The van der Waals surface area contributed by atoms with Crippen molar-refractivity contribution in [2.75, 3.05) is 19.0 Å². The molecule has 1 amide bonds. The normalized spacial score (nSPS) is 43.2. The zero-order chi connectivity index (χ0) is 24.1. The number of nitrogens with one attached hydrogen (secondary N) is 1. The van der Waals surface area contributed by atoms with E-state index in [0.717, 1.165) is 38.5 Å². The third-order valence-electron chi connectivity index (χ3n) is 10.6. The number of fused-ring (bicyclic) bond motifs is 5. The zero-order valence-electron chi connectivity index (χ0n) is 20.7. The smallest absolute Gasteiger partial charge is 0.229 e. The second-order valence-corrected chi connectivity index (χ2v) is 12.1. The van der Waals surface area contributed by atoms with E-state index in [9.17, 15) is 9.90 Å². The van der Waals surface area contributed by atoms with Gasteiger partial charge < -0.3 is 15.2 Å². The van der Waals surface area contributed by atoms with Gasteiger partial charge in [0.05, 0.1) is 24.6 Å². The van der Waals surface area contributed by atoms with Gasteiger partial charge in [-0.2, -0.15) is 5.26 Å². The van der Waals surface area contributed by atoms with E-state index >= 15 is 0 Å². The number of carbonyl (C=O) groups excluding carboxylic acids is 1. The highest BCUT2D eigenvalue weighted by molar-refractivity contribution is 5.92. The quantitative estimate of drug-likeness (QED) is 0.684. The molecule has 7 nitrogen and oxygen atoms in total. The lowest BCUT2D eigenvalue weighted by Gasteiger charge is -2.62. The topological polar surface area (TPSA) is 108 Å². The highest BCUT2D eigenvalue weighted by atomic mass is 16.5. The molecule has 1 aromatic heterocycles. The van der Waals surface area contributed by atoms with Crippen LogP contribution in [0.5, 0.6) is 0 Å². The summed E-state index contributed by atoms with van der Waals surface area (Å²) >= 11 is 0. The van der Waals surface area contributed by atoms with Crippen molar-refractivity contribution in [2.24, 2.45) is 40.4 Å². The summed E-state index contributed by atoms with van der Waals surface area (Å²) in [5.41, 5.74) is -0.126. The Morgan fingerprint density at radius 1 is 1.12 bits per heavy atom. The van der Waals surface area contributed by atoms with Gasteiger partial charge in [0, 0.05) is 13.0 Å². The molecule has 0 unspecified atom stereocenters. The van der Waals surface area contributed by atoms with E-state index in [-0.39, 0.29) is 28.3 Å². The van der Waals surface area contributed by atoms with Gasteiger partial charge in [0.2, 0.25) is 5.91 Å². The van der Waals surface area contributed by atoms with E-state index in [0.29, 0.717) is 36.1 Å². The number of ether oxygens (including phenoxy) is 1. The van der Waals surface area contributed by atoms with Gasteiger partial charge in [-0.05, 0) is 92.3 Å². The lowest BCUT2D eigenvalue weighted by Crippen LogP contribution is -2.57. The maximum atomic E-state index is 13.3. The van der Waals surface area contributed by atoms with E-state index < -0.39 is 5.60 Å². The van der Waals surface area contributed by atoms with Crippen molar-refractivity contribution in [3.8, 4) is 6.07 Å². The molecule has 184 valence electrons. The van der Waals surface area contributed by atoms with E-state index in [1.807, 2.05) is 6.07 Å². The summed E-state index contributed by atoms with van der Waals surface area (Å²) in [6.07, 6.45) is 12.3. The standard InChI is InChI=1S/C27H38N4O3/c1-25-10-11-27(33,16-34-3)12-17(25)4-5-19-20-6-7-22(26(20,2)9-8-21(19)25)24(32)31-23-15-29-18(13-28)14-30-23/h14-15,17,19-22,33H,4-12,16H2,1-3H3,(H,30,31,32)/t17-,19+,20+,21+,22-,25+,26+,27-/m1/s1. The third kappa shape index (κ3) is 3.74. The van der Waals surface area contributed by atoms with E-state index in [2.05, 4.69) is 29.1 Å². The number of anilines is 1. The second kappa shape index (κ2) is 8.57. The minimum absolute atomic E-state index is 0.0138. The van der Waals surface area contributed by atoms with Crippen LogP contribution in [0, 0.1) is 51.8 Å². The van der Waals surface area contributed by atoms with Gasteiger partial charge in [-0.3, -0.25) is 4.79 Å². The molecule has 1 heterocycles. The first-order chi connectivity index (χ1) is 16.2. The van der Waals surface area contributed by atoms with Crippen molar-refractivity contribution in [2.45, 2.75) is 77.2 Å². The predicted octanol–water partition coefficient (Wildman–Crippen LogP) is 4.32. The maximum absolute atomic E-state index is 13.3. The van der Waals surface area contributed by atoms with Crippen LogP contribution >= 0.6 is 0 Å². The largest absolute Gasteiger partial charge is 0.387 e. The number of aliphatic hydroxyl groups is 1. The molecule has 0 bridgehead atoms. The van der Waals surface area contributed by atoms with Gasteiger partial charge in [-0.25, -0.2) is 9.97 Å². The summed E-state index contributed by atoms with van der Waals surface area (Å²) in [4.78, 5) is 21.5. The minimum atomic E-state index is -0.667. The first-order valence-electron chi connectivity index (χ1n) is 13.0. The average Bonchev–Trinajstić information content (AvgIpc) is 3.18. The Morgan fingerprint density at radius 2 is 1.91 bits per heavy atom. The Bertz CT molecular complexity index is 977. The first-order valence-corrected chi connectivity index (χ1v) is 13.0. The molecule has 0 saturated heterocycles. The number of nitrogens with zero attached hydrogens (tertiary/aromatic N) is 3. The maximum Gasteiger partial charge on any atom is 0.229 e. The van der Waals surface area contributed by atoms with Crippen LogP contribution in [-0.4, -0.2) is 40.3 Å². The Balaban J connectivity index is 1.30. The Kier molecular flexibility index (Phi) is 5.97. The number of carbonyl (C=O) groups is 1. The van der Waals surface area contributed by atoms with Crippen LogP contribution in [0.4, 0.5) is 5.82 Å². The van der Waals surface area contributed by atoms with Crippen LogP contribution in [0.1, 0.15) is 77.3 Å². The molecule has 4 aliphatic rings. The molecule has 2 N–H and O–H groups in total. The number of nitriles is 1. The lowest BCUT2D eigenvalue weighted by molar-refractivity contribution is -0.163. The van der Waals surface area contributed by atoms with Crippen molar-refractivity contribution in [1.29, 1.82) is 5.26 Å². The van der Waals surface area contributed by atoms with Gasteiger partial charge in [0.1, 0.15) is 6.07 Å². The predicted molar refractivity (Wildman–Crippen MR) is 127 cm³/mol. The van der Waals surface area contributed by atoms with Crippen LogP contribution in [0.15, 0.2) is 12.4 Å². The van der Waals surface area contributed by atoms with Crippen molar-refractivity contribution in [1.82, 2.24) is 9.97 Å². The number of rotatable bonds is 4. The molecule has 8 atom stereocenters. The average molecular weight is 467 g/mol. The molecule has 0 aliphatic heterocycles. The van der Waals surface area contributed by atoms with Crippen LogP contribution in [0.2, 0.25) is 0 Å². The second-order valence-electron chi connectivity index (χ2n) is 12.1. The van der Waals surface area contributed by atoms with Crippen molar-refractivity contribution < 1.29 is 14.6 Å². The summed E-state index contributed by atoms with van der Waals surface area (Å²) in [6.45, 7) is 5.28. The summed E-state index contributed by atoms with van der Waals surface area (Å²) in [7, 11) is 1.69. The van der Waals surface area contributed by atoms with Crippen LogP contribution in [0.3, 0.4) is 0 Å². The van der Waals surface area contributed by atoms with E-state index in [1.54, 1.807) is 7.11 Å². The van der Waals surface area contributed by atoms with E-state index in [1.165, 1.54) is 31.7 Å². The molecule has 34 heavy (non-hydrogen) atoms. The van der Waals surface area contributed by atoms with Gasteiger partial charge in [0.15, 0.2) is 11.5 Å². The number of amides is 1. The molecule has 7 heteroatoms. The van der Waals surface area contributed by atoms with Crippen LogP contribution in [-0.2, 0) is 9.53 Å². The molecule has 5 rings (SSSR count). The van der Waals surface area contributed by atoms with Crippen LogP contribution < -0.4 is 5.32 Å². The summed E-state index contributed by atoms with van der Waals surface area (Å²) in [5.74, 6) is 2.94. The molecule has 4 saturated carbocycles. The fourth-order valence-electron chi connectivity index (χ4n) is 8.82. The van der Waals surface area contributed by atoms with Gasteiger partial charge >= 0.3 is 0 Å². The zero-order valence-corrected chi connectivity index (χ0v) is 20.7. The number of aromatic nitrogens is 2. The van der Waals surface area contributed by atoms with Crippen molar-refractivity contribution >= 4 is 11.7 Å². The molecular formula is C27H38N4O3. The molecule has 4 aliphatic carbocycles. The van der Waals surface area contributed by atoms with Gasteiger partial charge in [-0.15, -0.1) is 0 Å². The molecule has 1 aromatic rings. The summed E-state index contributed by atoms with van der Waals surface area (Å²) in [6, 6.07) is 1.96. The molecule has 0 radical (unpaired) electrons. The summed E-state index contributed by atoms with van der Waals surface area (Å²) < 4.78 is 5.35. The number of hydrogen-bond donors (Lipinski definition) is 2. The Labute approximate surface area is 202 Å². The lowest BCUT2D eigenvalue weighted by atomic mass is 9.44. The number of methoxy groups -OCH3 is 1. The van der Waals surface area contributed by atoms with Crippen molar-refractivity contribution in [3.63, 3.8) is 0 Å². The van der Waals surface area contributed by atoms with Gasteiger partial charge in [-0.1, -0.05) is 13.8 Å². The Hall–Kier alpha value is -2.04. The first kappa shape index (κ1) is 23.7. The fraction of sp³-hybridized carbons (Fsp3) is 0.778. The van der Waals surface area contributed by atoms with E-state index in [4.69, 9.17) is 10.00 Å².